The monoisotopic (exact) mass is 286 g/mol. The molecule has 1 amide bonds. The van der Waals surface area contributed by atoms with Gasteiger partial charge in [-0.2, -0.15) is 0 Å². The van der Waals surface area contributed by atoms with Crippen LogP contribution in [0.3, 0.4) is 0 Å². The van der Waals surface area contributed by atoms with Crippen molar-refractivity contribution in [1.29, 1.82) is 0 Å². The second-order valence-corrected chi connectivity index (χ2v) is 4.89. The highest BCUT2D eigenvalue weighted by molar-refractivity contribution is 6.31. The van der Waals surface area contributed by atoms with Crippen molar-refractivity contribution in [2.24, 2.45) is 0 Å². The first kappa shape index (κ1) is 15.4. The lowest BCUT2D eigenvalue weighted by atomic mass is 10.0. The standard InChI is InChI=1S/C12H15ClN2O4/c1-3-12(2,17)7-14-11(16)9-6-8(13)4-5-10(9)15(18)19/h4-6,17H,3,7H2,1-2H3,(H,14,16). The number of carbonyl (C=O) groups is 1. The van der Waals surface area contributed by atoms with Crippen LogP contribution in [-0.4, -0.2) is 28.1 Å². The minimum absolute atomic E-state index is 0.00595. The Kier molecular flexibility index (Phi) is 4.85. The number of amides is 1. The van der Waals surface area contributed by atoms with Gasteiger partial charge in [0.2, 0.25) is 0 Å². The quantitative estimate of drug-likeness (QED) is 0.640. The molecule has 0 heterocycles. The van der Waals surface area contributed by atoms with Crippen molar-refractivity contribution in [3.63, 3.8) is 0 Å². The number of rotatable bonds is 5. The molecule has 7 heteroatoms. The molecule has 2 N–H and O–H groups in total. The maximum atomic E-state index is 11.9. The molecule has 1 aromatic carbocycles. The SMILES string of the molecule is CCC(C)(O)CNC(=O)c1cc(Cl)ccc1[N+](=O)[O-]. The Balaban J connectivity index is 2.93. The van der Waals surface area contributed by atoms with Gasteiger partial charge in [-0.1, -0.05) is 18.5 Å². The third-order valence-electron chi connectivity index (χ3n) is 2.79. The third-order valence-corrected chi connectivity index (χ3v) is 3.03. The fraction of sp³-hybridized carbons (Fsp3) is 0.417. The van der Waals surface area contributed by atoms with Crippen molar-refractivity contribution in [3.8, 4) is 0 Å². The van der Waals surface area contributed by atoms with E-state index >= 15 is 0 Å². The van der Waals surface area contributed by atoms with Crippen molar-refractivity contribution in [2.45, 2.75) is 25.9 Å². The highest BCUT2D eigenvalue weighted by Gasteiger charge is 2.23. The molecular weight excluding hydrogens is 272 g/mol. The van der Waals surface area contributed by atoms with Gasteiger partial charge in [0, 0.05) is 17.6 Å². The molecule has 0 saturated carbocycles. The van der Waals surface area contributed by atoms with Gasteiger partial charge in [-0.05, 0) is 25.5 Å². The van der Waals surface area contributed by atoms with Crippen LogP contribution < -0.4 is 5.32 Å². The molecular formula is C12H15ClN2O4. The number of aliphatic hydroxyl groups is 1. The van der Waals surface area contributed by atoms with Crippen LogP contribution >= 0.6 is 11.6 Å². The van der Waals surface area contributed by atoms with Crippen molar-refractivity contribution < 1.29 is 14.8 Å². The first-order valence-corrected chi connectivity index (χ1v) is 6.09. The summed E-state index contributed by atoms with van der Waals surface area (Å²) in [7, 11) is 0. The van der Waals surface area contributed by atoms with E-state index in [1.807, 2.05) is 0 Å². The van der Waals surface area contributed by atoms with Crippen LogP contribution in [0.4, 0.5) is 5.69 Å². The second-order valence-electron chi connectivity index (χ2n) is 4.45. The molecule has 0 aliphatic rings. The average Bonchev–Trinajstić information content (AvgIpc) is 2.35. The first-order chi connectivity index (χ1) is 8.76. The molecule has 0 fully saturated rings. The maximum Gasteiger partial charge on any atom is 0.282 e. The molecule has 0 spiro atoms. The lowest BCUT2D eigenvalue weighted by Crippen LogP contribution is -2.40. The predicted octanol–water partition coefficient (Wildman–Crippen LogP) is 2.14. The van der Waals surface area contributed by atoms with Crippen LogP contribution in [0.2, 0.25) is 5.02 Å². The van der Waals surface area contributed by atoms with Crippen molar-refractivity contribution in [3.05, 3.63) is 38.9 Å². The van der Waals surface area contributed by atoms with Gasteiger partial charge in [0.15, 0.2) is 0 Å². The Morgan fingerprint density at radius 3 is 2.74 bits per heavy atom. The number of carbonyl (C=O) groups excluding carboxylic acids is 1. The number of hydrogen-bond donors (Lipinski definition) is 2. The summed E-state index contributed by atoms with van der Waals surface area (Å²) < 4.78 is 0. The average molecular weight is 287 g/mol. The Hall–Kier alpha value is -1.66. The number of benzene rings is 1. The molecule has 1 rings (SSSR count). The molecule has 19 heavy (non-hydrogen) atoms. The Bertz CT molecular complexity index is 503. The summed E-state index contributed by atoms with van der Waals surface area (Å²) in [5, 5.41) is 23.3. The summed E-state index contributed by atoms with van der Waals surface area (Å²) in [6.45, 7) is 3.35. The summed E-state index contributed by atoms with van der Waals surface area (Å²) >= 11 is 5.73. The molecule has 0 radical (unpaired) electrons. The summed E-state index contributed by atoms with van der Waals surface area (Å²) in [4.78, 5) is 22.1. The Morgan fingerprint density at radius 2 is 2.21 bits per heavy atom. The topological polar surface area (TPSA) is 92.5 Å². The summed E-state index contributed by atoms with van der Waals surface area (Å²) in [6, 6.07) is 3.75. The Labute approximate surface area is 115 Å². The smallest absolute Gasteiger partial charge is 0.282 e. The van der Waals surface area contributed by atoms with E-state index in [9.17, 15) is 20.0 Å². The molecule has 0 aliphatic carbocycles. The van der Waals surface area contributed by atoms with Crippen LogP contribution in [0.15, 0.2) is 18.2 Å². The molecule has 6 nitrogen and oxygen atoms in total. The highest BCUT2D eigenvalue weighted by atomic mass is 35.5. The van der Waals surface area contributed by atoms with Gasteiger partial charge < -0.3 is 10.4 Å². The van der Waals surface area contributed by atoms with Gasteiger partial charge in [-0.25, -0.2) is 0 Å². The third kappa shape index (κ3) is 4.18. The summed E-state index contributed by atoms with van der Waals surface area (Å²) in [5.41, 5.74) is -1.49. The normalized spacial score (nSPS) is 13.7. The van der Waals surface area contributed by atoms with Gasteiger partial charge in [0.25, 0.3) is 11.6 Å². The van der Waals surface area contributed by atoms with Crippen LogP contribution in [0.25, 0.3) is 0 Å². The number of nitrogens with one attached hydrogen (secondary N) is 1. The van der Waals surface area contributed by atoms with E-state index in [1.54, 1.807) is 13.8 Å². The van der Waals surface area contributed by atoms with E-state index in [1.165, 1.54) is 18.2 Å². The van der Waals surface area contributed by atoms with Crippen molar-refractivity contribution >= 4 is 23.2 Å². The fourth-order valence-electron chi connectivity index (χ4n) is 1.34. The molecule has 1 unspecified atom stereocenters. The minimum Gasteiger partial charge on any atom is -0.388 e. The van der Waals surface area contributed by atoms with E-state index in [0.29, 0.717) is 6.42 Å². The second kappa shape index (κ2) is 5.99. The van der Waals surface area contributed by atoms with Gasteiger partial charge in [0.1, 0.15) is 5.56 Å². The summed E-state index contributed by atoms with van der Waals surface area (Å²) in [5.74, 6) is -0.636. The van der Waals surface area contributed by atoms with E-state index in [-0.39, 0.29) is 22.8 Å². The number of nitro groups is 1. The van der Waals surface area contributed by atoms with Crippen molar-refractivity contribution in [1.82, 2.24) is 5.32 Å². The number of nitrogens with zero attached hydrogens (tertiary/aromatic N) is 1. The van der Waals surface area contributed by atoms with Crippen LogP contribution in [0.1, 0.15) is 30.6 Å². The molecule has 1 atom stereocenters. The lowest BCUT2D eigenvalue weighted by molar-refractivity contribution is -0.385. The molecule has 0 aromatic heterocycles. The van der Waals surface area contributed by atoms with E-state index in [2.05, 4.69) is 5.32 Å². The van der Waals surface area contributed by atoms with E-state index in [4.69, 9.17) is 11.6 Å². The number of halogens is 1. The van der Waals surface area contributed by atoms with Crippen molar-refractivity contribution in [2.75, 3.05) is 6.54 Å². The predicted molar refractivity (Wildman–Crippen MR) is 71.4 cm³/mol. The van der Waals surface area contributed by atoms with Gasteiger partial charge >= 0.3 is 0 Å². The largest absolute Gasteiger partial charge is 0.388 e. The highest BCUT2D eigenvalue weighted by Crippen LogP contribution is 2.22. The zero-order valence-corrected chi connectivity index (χ0v) is 11.4. The molecule has 0 saturated heterocycles. The fourth-order valence-corrected chi connectivity index (χ4v) is 1.51. The molecule has 104 valence electrons. The summed E-state index contributed by atoms with van der Waals surface area (Å²) in [6.07, 6.45) is 0.449. The lowest BCUT2D eigenvalue weighted by Gasteiger charge is -2.21. The maximum absolute atomic E-state index is 11.9. The molecule has 0 bridgehead atoms. The molecule has 0 aliphatic heterocycles. The van der Waals surface area contributed by atoms with E-state index in [0.717, 1.165) is 0 Å². The van der Waals surface area contributed by atoms with Gasteiger partial charge in [0.05, 0.1) is 10.5 Å². The number of hydrogen-bond acceptors (Lipinski definition) is 4. The van der Waals surface area contributed by atoms with Crippen LogP contribution in [0, 0.1) is 10.1 Å². The zero-order chi connectivity index (χ0) is 14.6. The van der Waals surface area contributed by atoms with Crippen LogP contribution in [0.5, 0.6) is 0 Å². The molecule has 1 aromatic rings. The van der Waals surface area contributed by atoms with Gasteiger partial charge in [-0.3, -0.25) is 14.9 Å². The van der Waals surface area contributed by atoms with Gasteiger partial charge in [-0.15, -0.1) is 0 Å². The Morgan fingerprint density at radius 1 is 1.58 bits per heavy atom. The number of nitro benzene ring substituents is 1. The zero-order valence-electron chi connectivity index (χ0n) is 10.6. The first-order valence-electron chi connectivity index (χ1n) is 5.71. The van der Waals surface area contributed by atoms with E-state index < -0.39 is 16.4 Å². The van der Waals surface area contributed by atoms with Crippen LogP contribution in [-0.2, 0) is 0 Å². The minimum atomic E-state index is -1.05.